The van der Waals surface area contributed by atoms with Crippen LogP contribution in [-0.2, 0) is 0 Å². The van der Waals surface area contributed by atoms with E-state index in [2.05, 4.69) is 94.7 Å². The second kappa shape index (κ2) is 12.2. The SMILES string of the molecule is O=C1c2ccc(N(c3ccccc3)c3cccc4ccccc34)cc2C(=O)C2C=CC(N(c3ccccc3)c3cccc4ccccc34)=CC12. The predicted octanol–water partition coefficient (Wildman–Crippen LogP) is 11.4. The molecule has 2 aliphatic rings. The molecule has 2 atom stereocenters. The molecule has 0 fully saturated rings. The van der Waals surface area contributed by atoms with Gasteiger partial charge in [-0.15, -0.1) is 0 Å². The first kappa shape index (κ1) is 29.6. The molecule has 4 heteroatoms. The molecule has 0 radical (unpaired) electrons. The lowest BCUT2D eigenvalue weighted by molar-refractivity contribution is 0.0801. The van der Waals surface area contributed by atoms with Crippen LogP contribution in [0, 0.1) is 11.8 Å². The molecule has 0 bridgehead atoms. The number of ketones is 2. The number of allylic oxidation sites excluding steroid dienone is 3. The summed E-state index contributed by atoms with van der Waals surface area (Å²) in [4.78, 5) is 33.1. The quantitative estimate of drug-likeness (QED) is 0.181. The van der Waals surface area contributed by atoms with Crippen molar-refractivity contribution in [1.82, 2.24) is 0 Å². The zero-order chi connectivity index (χ0) is 33.6. The summed E-state index contributed by atoms with van der Waals surface area (Å²) in [5.74, 6) is -1.27. The van der Waals surface area contributed by atoms with E-state index < -0.39 is 11.8 Å². The number of anilines is 5. The average Bonchev–Trinajstić information content (AvgIpc) is 3.18. The van der Waals surface area contributed by atoms with E-state index in [-0.39, 0.29) is 11.6 Å². The standard InChI is InChI=1S/C46H32N2O2/c49-45-40-28-26-36(48(34-19-5-2-6-20-34)44-24-12-16-32-14-8-10-22-38(32)44)30-42(40)46(50)39-27-25-35(29-41(39)45)47(33-17-3-1-4-18-33)43-23-11-15-31-13-7-9-21-37(31)43/h1-30,39,41H. The van der Waals surface area contributed by atoms with E-state index in [1.807, 2.05) is 97.1 Å². The van der Waals surface area contributed by atoms with Gasteiger partial charge in [0.2, 0.25) is 0 Å². The van der Waals surface area contributed by atoms with Gasteiger partial charge in [-0.25, -0.2) is 0 Å². The van der Waals surface area contributed by atoms with Gasteiger partial charge >= 0.3 is 0 Å². The second-order valence-corrected chi connectivity index (χ2v) is 12.8. The Hall–Kier alpha value is -6.52. The number of hydrogen-bond acceptors (Lipinski definition) is 4. The molecular formula is C46H32N2O2. The Kier molecular flexibility index (Phi) is 7.21. The molecule has 7 aromatic carbocycles. The maximum absolute atomic E-state index is 14.4. The molecule has 0 N–H and O–H groups in total. The highest BCUT2D eigenvalue weighted by Crippen LogP contribution is 2.44. The third kappa shape index (κ3) is 4.92. The Morgan fingerprint density at radius 3 is 1.58 bits per heavy atom. The van der Waals surface area contributed by atoms with E-state index in [4.69, 9.17) is 0 Å². The lowest BCUT2D eigenvalue weighted by Gasteiger charge is -2.35. The van der Waals surface area contributed by atoms with Gasteiger partial charge < -0.3 is 9.80 Å². The van der Waals surface area contributed by atoms with Crippen LogP contribution in [0.3, 0.4) is 0 Å². The van der Waals surface area contributed by atoms with Gasteiger partial charge in [0.1, 0.15) is 0 Å². The van der Waals surface area contributed by atoms with Crippen molar-refractivity contribution in [3.8, 4) is 0 Å². The van der Waals surface area contributed by atoms with E-state index >= 15 is 0 Å². The minimum absolute atomic E-state index is 0.0413. The molecule has 238 valence electrons. The van der Waals surface area contributed by atoms with Gasteiger partial charge in [0.15, 0.2) is 11.6 Å². The van der Waals surface area contributed by atoms with Gasteiger partial charge in [-0.2, -0.15) is 0 Å². The number of benzene rings is 7. The molecule has 0 amide bonds. The number of nitrogens with zero attached hydrogens (tertiary/aromatic N) is 2. The van der Waals surface area contributed by atoms with E-state index in [9.17, 15) is 9.59 Å². The number of hydrogen-bond donors (Lipinski definition) is 0. The van der Waals surface area contributed by atoms with Crippen molar-refractivity contribution in [3.63, 3.8) is 0 Å². The smallest absolute Gasteiger partial charge is 0.171 e. The lowest BCUT2D eigenvalue weighted by Crippen LogP contribution is -2.37. The lowest BCUT2D eigenvalue weighted by atomic mass is 9.71. The van der Waals surface area contributed by atoms with Gasteiger partial charge in [0, 0.05) is 44.7 Å². The Balaban J connectivity index is 1.14. The van der Waals surface area contributed by atoms with E-state index in [0.29, 0.717) is 11.1 Å². The van der Waals surface area contributed by atoms with Gasteiger partial charge in [0.25, 0.3) is 0 Å². The molecule has 50 heavy (non-hydrogen) atoms. The summed E-state index contributed by atoms with van der Waals surface area (Å²) in [7, 11) is 0. The highest BCUT2D eigenvalue weighted by atomic mass is 16.1. The van der Waals surface area contributed by atoms with Crippen molar-refractivity contribution in [1.29, 1.82) is 0 Å². The molecule has 4 nitrogen and oxygen atoms in total. The van der Waals surface area contributed by atoms with Crippen LogP contribution in [0.1, 0.15) is 20.7 Å². The van der Waals surface area contributed by atoms with Crippen LogP contribution >= 0.6 is 0 Å². The molecule has 2 aliphatic carbocycles. The molecule has 0 aliphatic heterocycles. The molecule has 0 saturated heterocycles. The van der Waals surface area contributed by atoms with Crippen LogP contribution in [0.5, 0.6) is 0 Å². The summed E-state index contributed by atoms with van der Waals surface area (Å²) in [6, 6.07) is 55.2. The maximum Gasteiger partial charge on any atom is 0.171 e. The number of fused-ring (bicyclic) bond motifs is 4. The summed E-state index contributed by atoms with van der Waals surface area (Å²) < 4.78 is 0. The molecule has 7 aromatic rings. The molecular weight excluding hydrogens is 613 g/mol. The maximum atomic E-state index is 14.4. The van der Waals surface area contributed by atoms with Crippen LogP contribution in [0.15, 0.2) is 188 Å². The van der Waals surface area contributed by atoms with Crippen molar-refractivity contribution in [2.45, 2.75) is 0 Å². The van der Waals surface area contributed by atoms with E-state index in [1.165, 1.54) is 0 Å². The number of para-hydroxylation sites is 2. The van der Waals surface area contributed by atoms with Gasteiger partial charge in [-0.1, -0.05) is 115 Å². The van der Waals surface area contributed by atoms with E-state index in [0.717, 1.165) is 55.7 Å². The summed E-state index contributed by atoms with van der Waals surface area (Å²) in [5.41, 5.74) is 6.58. The topological polar surface area (TPSA) is 40.6 Å². The fourth-order valence-electron chi connectivity index (χ4n) is 7.57. The Morgan fingerprint density at radius 1 is 0.420 bits per heavy atom. The predicted molar refractivity (Wildman–Crippen MR) is 204 cm³/mol. The largest absolute Gasteiger partial charge is 0.310 e. The Labute approximate surface area is 290 Å². The first-order chi connectivity index (χ1) is 24.7. The van der Waals surface area contributed by atoms with Crippen molar-refractivity contribution in [2.24, 2.45) is 11.8 Å². The average molecular weight is 645 g/mol. The highest BCUT2D eigenvalue weighted by Gasteiger charge is 2.41. The summed E-state index contributed by atoms with van der Waals surface area (Å²) >= 11 is 0. The number of carbonyl (C=O) groups excluding carboxylic acids is 2. The summed E-state index contributed by atoms with van der Waals surface area (Å²) in [6.07, 6.45) is 5.92. The van der Waals surface area contributed by atoms with Crippen molar-refractivity contribution in [2.75, 3.05) is 9.80 Å². The van der Waals surface area contributed by atoms with Crippen molar-refractivity contribution >= 4 is 61.5 Å². The van der Waals surface area contributed by atoms with Crippen LogP contribution < -0.4 is 9.80 Å². The van der Waals surface area contributed by atoms with Crippen LogP contribution in [-0.4, -0.2) is 11.6 Å². The van der Waals surface area contributed by atoms with Gasteiger partial charge in [-0.3, -0.25) is 9.59 Å². The molecule has 0 spiro atoms. The molecule has 2 unspecified atom stereocenters. The normalized spacial score (nSPS) is 16.5. The van der Waals surface area contributed by atoms with E-state index in [1.54, 1.807) is 0 Å². The Bertz CT molecular complexity index is 2490. The fraction of sp³-hybridized carbons (Fsp3) is 0.0435. The zero-order valence-electron chi connectivity index (χ0n) is 27.2. The highest BCUT2D eigenvalue weighted by molar-refractivity contribution is 6.18. The second-order valence-electron chi connectivity index (χ2n) is 12.8. The van der Waals surface area contributed by atoms with Gasteiger partial charge in [-0.05, 0) is 77.5 Å². The van der Waals surface area contributed by atoms with Crippen molar-refractivity contribution < 1.29 is 9.59 Å². The number of carbonyl (C=O) groups is 2. The van der Waals surface area contributed by atoms with Crippen LogP contribution in [0.25, 0.3) is 21.5 Å². The third-order valence-electron chi connectivity index (χ3n) is 9.91. The monoisotopic (exact) mass is 644 g/mol. The first-order valence-corrected chi connectivity index (χ1v) is 16.9. The summed E-state index contributed by atoms with van der Waals surface area (Å²) in [5, 5.41) is 4.46. The number of Topliss-reactive ketones (excluding diaryl/α,β-unsaturated/α-hetero) is 2. The molecule has 0 heterocycles. The summed E-state index contributed by atoms with van der Waals surface area (Å²) in [6.45, 7) is 0. The van der Waals surface area contributed by atoms with Gasteiger partial charge in [0.05, 0.1) is 23.2 Å². The first-order valence-electron chi connectivity index (χ1n) is 16.9. The fourth-order valence-corrected chi connectivity index (χ4v) is 7.57. The molecule has 0 saturated carbocycles. The zero-order valence-corrected chi connectivity index (χ0v) is 27.2. The molecule has 9 rings (SSSR count). The number of rotatable bonds is 6. The molecule has 0 aromatic heterocycles. The Morgan fingerprint density at radius 2 is 0.940 bits per heavy atom. The minimum Gasteiger partial charge on any atom is -0.310 e. The van der Waals surface area contributed by atoms with Crippen LogP contribution in [0.4, 0.5) is 28.4 Å². The third-order valence-corrected chi connectivity index (χ3v) is 9.91. The van der Waals surface area contributed by atoms with Crippen LogP contribution in [0.2, 0.25) is 0 Å². The minimum atomic E-state index is -0.606. The van der Waals surface area contributed by atoms with Crippen molar-refractivity contribution in [3.05, 3.63) is 199 Å².